The van der Waals surface area contributed by atoms with E-state index in [1.165, 1.54) is 11.1 Å². The van der Waals surface area contributed by atoms with Gasteiger partial charge in [0, 0.05) is 42.1 Å². The van der Waals surface area contributed by atoms with Crippen LogP contribution in [0.3, 0.4) is 0 Å². The lowest BCUT2D eigenvalue weighted by Crippen LogP contribution is -2.45. The van der Waals surface area contributed by atoms with Gasteiger partial charge in [0.05, 0.1) is 5.75 Å². The van der Waals surface area contributed by atoms with Crippen LogP contribution in [0.15, 0.2) is 47.6 Å². The minimum atomic E-state index is 0.216. The van der Waals surface area contributed by atoms with Crippen LogP contribution >= 0.6 is 11.8 Å². The van der Waals surface area contributed by atoms with E-state index < -0.39 is 0 Å². The van der Waals surface area contributed by atoms with E-state index >= 15 is 0 Å². The van der Waals surface area contributed by atoms with Gasteiger partial charge in [-0.1, -0.05) is 6.07 Å². The third kappa shape index (κ3) is 4.98. The van der Waals surface area contributed by atoms with Crippen molar-refractivity contribution in [2.24, 2.45) is 0 Å². The summed E-state index contributed by atoms with van der Waals surface area (Å²) in [4.78, 5) is 19.6. The Labute approximate surface area is 154 Å². The molecule has 0 aliphatic carbocycles. The highest BCUT2D eigenvalue weighted by molar-refractivity contribution is 8.00. The van der Waals surface area contributed by atoms with Crippen molar-refractivity contribution < 1.29 is 4.79 Å². The summed E-state index contributed by atoms with van der Waals surface area (Å²) in [7, 11) is 0. The first-order valence-electron chi connectivity index (χ1n) is 8.76. The van der Waals surface area contributed by atoms with Gasteiger partial charge in [-0.15, -0.1) is 11.8 Å². The molecular weight excluding hydrogens is 330 g/mol. The molecule has 3 rings (SSSR count). The number of nitrogens with zero attached hydrogens (tertiary/aromatic N) is 2. The fourth-order valence-corrected chi connectivity index (χ4v) is 3.85. The second-order valence-corrected chi connectivity index (χ2v) is 7.64. The van der Waals surface area contributed by atoms with Gasteiger partial charge in [-0.05, 0) is 62.1 Å². The summed E-state index contributed by atoms with van der Waals surface area (Å²) in [6, 6.07) is 10.7. The predicted molar refractivity (Wildman–Crippen MR) is 104 cm³/mol. The molecule has 1 aliphatic rings. The average Bonchev–Trinajstić information content (AvgIpc) is 2.64. The number of rotatable bonds is 5. The number of amides is 1. The van der Waals surface area contributed by atoms with Crippen molar-refractivity contribution >= 4 is 23.4 Å². The summed E-state index contributed by atoms with van der Waals surface area (Å²) in [6.45, 7) is 5.90. The number of carbonyl (C=O) groups excluding carboxylic acids is 1. The quantitative estimate of drug-likeness (QED) is 0.827. The number of pyridine rings is 1. The number of likely N-dealkylation sites (tertiary alicyclic amines) is 1. The van der Waals surface area contributed by atoms with Crippen LogP contribution < -0.4 is 5.32 Å². The molecule has 0 radical (unpaired) electrons. The number of nitrogens with one attached hydrogen (secondary N) is 1. The summed E-state index contributed by atoms with van der Waals surface area (Å²) >= 11 is 1.58. The monoisotopic (exact) mass is 355 g/mol. The molecule has 1 amide bonds. The topological polar surface area (TPSA) is 45.2 Å². The molecular formula is C20H25N3OS. The van der Waals surface area contributed by atoms with E-state index in [0.29, 0.717) is 11.8 Å². The van der Waals surface area contributed by atoms with Crippen LogP contribution in [0, 0.1) is 13.8 Å². The van der Waals surface area contributed by atoms with Crippen molar-refractivity contribution in [3.8, 4) is 0 Å². The second kappa shape index (κ2) is 8.39. The van der Waals surface area contributed by atoms with Gasteiger partial charge in [-0.3, -0.25) is 9.78 Å². The first-order valence-corrected chi connectivity index (χ1v) is 9.75. The standard InChI is InChI=1S/C20H25N3OS/c1-15-5-6-17(12-16(15)2)22-18-4-3-11-23(13-18)20(24)14-25-19-7-9-21-10-8-19/h5-10,12,18,22H,3-4,11,13-14H2,1-2H3. The first kappa shape index (κ1) is 17.8. The van der Waals surface area contributed by atoms with Crippen LogP contribution in [0.25, 0.3) is 0 Å². The lowest BCUT2D eigenvalue weighted by molar-refractivity contribution is -0.129. The Bertz CT molecular complexity index is 720. The SMILES string of the molecule is Cc1ccc(NC2CCCN(C(=O)CSc3ccncc3)C2)cc1C. The molecule has 1 fully saturated rings. The van der Waals surface area contributed by atoms with E-state index in [4.69, 9.17) is 0 Å². The molecule has 1 atom stereocenters. The lowest BCUT2D eigenvalue weighted by Gasteiger charge is -2.34. The highest BCUT2D eigenvalue weighted by Gasteiger charge is 2.23. The normalized spacial score (nSPS) is 17.4. The fourth-order valence-electron chi connectivity index (χ4n) is 3.06. The molecule has 1 saturated heterocycles. The number of aromatic nitrogens is 1. The van der Waals surface area contributed by atoms with Crippen LogP contribution in [0.5, 0.6) is 0 Å². The average molecular weight is 356 g/mol. The maximum absolute atomic E-state index is 12.5. The summed E-state index contributed by atoms with van der Waals surface area (Å²) in [5.74, 6) is 0.703. The van der Waals surface area contributed by atoms with Crippen LogP contribution in [-0.4, -0.2) is 40.7 Å². The van der Waals surface area contributed by atoms with Crippen molar-refractivity contribution in [1.82, 2.24) is 9.88 Å². The Balaban J connectivity index is 1.53. The minimum absolute atomic E-state index is 0.216. The molecule has 0 spiro atoms. The van der Waals surface area contributed by atoms with Gasteiger partial charge in [0.2, 0.25) is 5.91 Å². The fraction of sp³-hybridized carbons (Fsp3) is 0.400. The van der Waals surface area contributed by atoms with E-state index in [2.05, 4.69) is 42.3 Å². The second-order valence-electron chi connectivity index (χ2n) is 6.59. The van der Waals surface area contributed by atoms with Crippen LogP contribution in [0.4, 0.5) is 5.69 Å². The lowest BCUT2D eigenvalue weighted by atomic mass is 10.0. The molecule has 1 aliphatic heterocycles. The van der Waals surface area contributed by atoms with Crippen molar-refractivity contribution in [2.75, 3.05) is 24.2 Å². The van der Waals surface area contributed by atoms with Gasteiger partial charge >= 0.3 is 0 Å². The minimum Gasteiger partial charge on any atom is -0.381 e. The summed E-state index contributed by atoms with van der Waals surface area (Å²) < 4.78 is 0. The number of hydrogen-bond acceptors (Lipinski definition) is 4. The van der Waals surface area contributed by atoms with Crippen LogP contribution in [-0.2, 0) is 4.79 Å². The number of hydrogen-bond donors (Lipinski definition) is 1. The van der Waals surface area contributed by atoms with E-state index in [0.717, 1.165) is 36.5 Å². The highest BCUT2D eigenvalue weighted by Crippen LogP contribution is 2.21. The third-order valence-electron chi connectivity index (χ3n) is 4.66. The number of anilines is 1. The molecule has 1 aromatic carbocycles. The molecule has 0 saturated carbocycles. The van der Waals surface area contributed by atoms with Gasteiger partial charge in [0.1, 0.15) is 0 Å². The molecule has 2 aromatic rings. The zero-order valence-electron chi connectivity index (χ0n) is 14.9. The zero-order valence-corrected chi connectivity index (χ0v) is 15.7. The Morgan fingerprint density at radius 2 is 2.04 bits per heavy atom. The van der Waals surface area contributed by atoms with E-state index in [1.807, 2.05) is 17.0 Å². The molecule has 1 unspecified atom stereocenters. The van der Waals surface area contributed by atoms with Gasteiger partial charge in [-0.25, -0.2) is 0 Å². The van der Waals surface area contributed by atoms with Gasteiger partial charge in [0.15, 0.2) is 0 Å². The van der Waals surface area contributed by atoms with Crippen molar-refractivity contribution in [3.63, 3.8) is 0 Å². The van der Waals surface area contributed by atoms with E-state index in [1.54, 1.807) is 24.2 Å². The number of carbonyl (C=O) groups is 1. The van der Waals surface area contributed by atoms with E-state index in [-0.39, 0.29) is 5.91 Å². The van der Waals surface area contributed by atoms with E-state index in [9.17, 15) is 4.79 Å². The Hall–Kier alpha value is -2.01. The van der Waals surface area contributed by atoms with Gasteiger partial charge in [0.25, 0.3) is 0 Å². The van der Waals surface area contributed by atoms with Crippen molar-refractivity contribution in [3.05, 3.63) is 53.9 Å². The molecule has 1 N–H and O–H groups in total. The van der Waals surface area contributed by atoms with Crippen molar-refractivity contribution in [1.29, 1.82) is 0 Å². The first-order chi connectivity index (χ1) is 12.1. The maximum Gasteiger partial charge on any atom is 0.233 e. The highest BCUT2D eigenvalue weighted by atomic mass is 32.2. The Morgan fingerprint density at radius 1 is 1.24 bits per heavy atom. The Kier molecular flexibility index (Phi) is 5.97. The molecule has 5 heteroatoms. The van der Waals surface area contributed by atoms with Gasteiger partial charge in [-0.2, -0.15) is 0 Å². The maximum atomic E-state index is 12.5. The summed E-state index contributed by atoms with van der Waals surface area (Å²) in [6.07, 6.45) is 5.68. The number of benzene rings is 1. The van der Waals surface area contributed by atoms with Crippen LogP contribution in [0.2, 0.25) is 0 Å². The molecule has 0 bridgehead atoms. The summed E-state index contributed by atoms with van der Waals surface area (Å²) in [5.41, 5.74) is 3.75. The van der Waals surface area contributed by atoms with Crippen molar-refractivity contribution in [2.45, 2.75) is 37.6 Å². The molecule has 1 aromatic heterocycles. The molecule has 4 nitrogen and oxygen atoms in total. The number of aryl methyl sites for hydroxylation is 2. The third-order valence-corrected chi connectivity index (χ3v) is 5.66. The predicted octanol–water partition coefficient (Wildman–Crippen LogP) is 3.89. The summed E-state index contributed by atoms with van der Waals surface area (Å²) in [5, 5.41) is 3.60. The van der Waals surface area contributed by atoms with Gasteiger partial charge < -0.3 is 10.2 Å². The smallest absolute Gasteiger partial charge is 0.233 e. The largest absolute Gasteiger partial charge is 0.381 e. The number of piperidine rings is 1. The molecule has 25 heavy (non-hydrogen) atoms. The Morgan fingerprint density at radius 3 is 2.80 bits per heavy atom. The number of thioether (sulfide) groups is 1. The molecule has 2 heterocycles. The molecule has 132 valence electrons. The zero-order chi connectivity index (χ0) is 17.6. The van der Waals surface area contributed by atoms with Crippen LogP contribution in [0.1, 0.15) is 24.0 Å².